The molecule has 0 N–H and O–H groups in total. The third kappa shape index (κ3) is 2.56. The van der Waals surface area contributed by atoms with E-state index in [2.05, 4.69) is 0 Å². The summed E-state index contributed by atoms with van der Waals surface area (Å²) in [5.41, 5.74) is 1.08. The summed E-state index contributed by atoms with van der Waals surface area (Å²) in [6.45, 7) is 0.833. The van der Waals surface area contributed by atoms with Crippen molar-refractivity contribution in [2.75, 3.05) is 20.3 Å². The Morgan fingerprint density at radius 3 is 2.80 bits per heavy atom. The molecule has 0 bridgehead atoms. The van der Waals surface area contributed by atoms with Crippen LogP contribution >= 0.6 is 0 Å². The molecule has 0 spiro atoms. The summed E-state index contributed by atoms with van der Waals surface area (Å²) in [6, 6.07) is 7.71. The zero-order valence-electron chi connectivity index (χ0n) is 8.34. The molecule has 1 saturated heterocycles. The fourth-order valence-electron chi connectivity index (χ4n) is 1.45. The van der Waals surface area contributed by atoms with E-state index in [1.807, 2.05) is 24.3 Å². The summed E-state index contributed by atoms with van der Waals surface area (Å²) in [4.78, 5) is 0. The van der Waals surface area contributed by atoms with Gasteiger partial charge < -0.3 is 4.74 Å². The second kappa shape index (κ2) is 4.74. The number of hydrogen-bond acceptors (Lipinski definition) is 4. The summed E-state index contributed by atoms with van der Waals surface area (Å²) >= 11 is -1.57. The van der Waals surface area contributed by atoms with Gasteiger partial charge in [0.25, 0.3) is 0 Å². The van der Waals surface area contributed by atoms with Crippen molar-refractivity contribution in [3.05, 3.63) is 29.8 Å². The summed E-state index contributed by atoms with van der Waals surface area (Å²) < 4.78 is 25.8. The molecule has 0 radical (unpaired) electrons. The molecule has 1 heterocycles. The number of rotatable bonds is 2. The Balaban J connectivity index is 2.11. The Kier molecular flexibility index (Phi) is 3.35. The van der Waals surface area contributed by atoms with Crippen LogP contribution in [0.1, 0.15) is 11.5 Å². The minimum atomic E-state index is -1.57. The van der Waals surface area contributed by atoms with Crippen LogP contribution in [0.3, 0.4) is 0 Å². The standard InChI is InChI=1S/C10H12O4S/c1-12-10-4-2-3-8(5-10)9-6-13-15(11)14-7-9/h2-5,9H,6-7H2,1H3. The van der Waals surface area contributed by atoms with Crippen LogP contribution in [-0.2, 0) is 19.7 Å². The van der Waals surface area contributed by atoms with Gasteiger partial charge in [-0.05, 0) is 17.7 Å². The highest BCUT2D eigenvalue weighted by molar-refractivity contribution is 7.75. The fraction of sp³-hybridized carbons (Fsp3) is 0.400. The van der Waals surface area contributed by atoms with Gasteiger partial charge in [-0.15, -0.1) is 0 Å². The molecule has 0 aliphatic carbocycles. The third-order valence-electron chi connectivity index (χ3n) is 2.30. The van der Waals surface area contributed by atoms with Crippen LogP contribution < -0.4 is 4.74 Å². The number of hydrogen-bond donors (Lipinski definition) is 0. The van der Waals surface area contributed by atoms with Crippen molar-refractivity contribution in [2.24, 2.45) is 0 Å². The Bertz CT molecular complexity index is 356. The second-order valence-electron chi connectivity index (χ2n) is 3.25. The quantitative estimate of drug-likeness (QED) is 0.767. The summed E-state index contributed by atoms with van der Waals surface area (Å²) in [7, 11) is 1.63. The maximum absolute atomic E-state index is 10.8. The van der Waals surface area contributed by atoms with Gasteiger partial charge in [-0.25, -0.2) is 0 Å². The van der Waals surface area contributed by atoms with E-state index >= 15 is 0 Å². The van der Waals surface area contributed by atoms with Crippen molar-refractivity contribution in [1.82, 2.24) is 0 Å². The van der Waals surface area contributed by atoms with Crippen molar-refractivity contribution < 1.29 is 17.3 Å². The molecule has 15 heavy (non-hydrogen) atoms. The molecule has 1 aromatic carbocycles. The molecule has 2 rings (SSSR count). The largest absolute Gasteiger partial charge is 0.497 e. The minimum Gasteiger partial charge on any atom is -0.497 e. The fourth-order valence-corrected chi connectivity index (χ4v) is 2.06. The van der Waals surface area contributed by atoms with Gasteiger partial charge in [0.1, 0.15) is 5.75 Å². The molecule has 82 valence electrons. The second-order valence-corrected chi connectivity index (χ2v) is 4.13. The molecular formula is C10H12O4S. The smallest absolute Gasteiger partial charge is 0.304 e. The van der Waals surface area contributed by atoms with Gasteiger partial charge in [-0.2, -0.15) is 4.21 Å². The van der Waals surface area contributed by atoms with Gasteiger partial charge in [-0.3, -0.25) is 8.37 Å². The zero-order chi connectivity index (χ0) is 10.7. The van der Waals surface area contributed by atoms with Crippen molar-refractivity contribution in [2.45, 2.75) is 5.92 Å². The molecular weight excluding hydrogens is 216 g/mol. The molecule has 1 aromatic rings. The van der Waals surface area contributed by atoms with E-state index in [9.17, 15) is 4.21 Å². The minimum absolute atomic E-state index is 0.123. The van der Waals surface area contributed by atoms with E-state index in [1.54, 1.807) is 7.11 Å². The lowest BCUT2D eigenvalue weighted by atomic mass is 10.0. The van der Waals surface area contributed by atoms with Crippen molar-refractivity contribution in [3.8, 4) is 5.75 Å². The Morgan fingerprint density at radius 1 is 1.40 bits per heavy atom. The average molecular weight is 228 g/mol. The van der Waals surface area contributed by atoms with Crippen molar-refractivity contribution in [1.29, 1.82) is 0 Å². The summed E-state index contributed by atoms with van der Waals surface area (Å²) in [6.07, 6.45) is 0. The predicted molar refractivity (Wildman–Crippen MR) is 55.8 cm³/mol. The number of ether oxygens (including phenoxy) is 1. The molecule has 1 fully saturated rings. The SMILES string of the molecule is COc1cccc(C2COS(=O)OC2)c1. The van der Waals surface area contributed by atoms with E-state index in [0.717, 1.165) is 11.3 Å². The van der Waals surface area contributed by atoms with E-state index in [4.69, 9.17) is 13.1 Å². The van der Waals surface area contributed by atoms with E-state index in [-0.39, 0.29) is 5.92 Å². The lowest BCUT2D eigenvalue weighted by Gasteiger charge is -2.21. The molecule has 0 saturated carbocycles. The van der Waals surface area contributed by atoms with Crippen LogP contribution in [-0.4, -0.2) is 24.5 Å². The van der Waals surface area contributed by atoms with Gasteiger partial charge in [0, 0.05) is 5.92 Å². The highest BCUT2D eigenvalue weighted by Gasteiger charge is 2.21. The maximum atomic E-state index is 10.8. The molecule has 1 aliphatic heterocycles. The lowest BCUT2D eigenvalue weighted by molar-refractivity contribution is 0.160. The lowest BCUT2D eigenvalue weighted by Crippen LogP contribution is -2.22. The maximum Gasteiger partial charge on any atom is 0.304 e. The molecule has 0 unspecified atom stereocenters. The first-order chi connectivity index (χ1) is 7.29. The van der Waals surface area contributed by atoms with Crippen LogP contribution in [0.15, 0.2) is 24.3 Å². The molecule has 1 aliphatic rings. The molecule has 0 aromatic heterocycles. The first-order valence-corrected chi connectivity index (χ1v) is 5.62. The van der Waals surface area contributed by atoms with Crippen LogP contribution in [0.25, 0.3) is 0 Å². The van der Waals surface area contributed by atoms with Crippen molar-refractivity contribution >= 4 is 11.4 Å². The van der Waals surface area contributed by atoms with Gasteiger partial charge in [0.2, 0.25) is 0 Å². The van der Waals surface area contributed by atoms with E-state index in [0.29, 0.717) is 13.2 Å². The number of benzene rings is 1. The van der Waals surface area contributed by atoms with Gasteiger partial charge in [0.15, 0.2) is 0 Å². The third-order valence-corrected chi connectivity index (χ3v) is 2.95. The van der Waals surface area contributed by atoms with E-state index < -0.39 is 11.4 Å². The number of methoxy groups -OCH3 is 1. The average Bonchev–Trinajstić information content (AvgIpc) is 2.30. The molecule has 5 heteroatoms. The Hall–Kier alpha value is -0.910. The molecule has 0 amide bonds. The van der Waals surface area contributed by atoms with Crippen molar-refractivity contribution in [3.63, 3.8) is 0 Å². The predicted octanol–water partition coefficient (Wildman–Crippen LogP) is 1.40. The van der Waals surface area contributed by atoms with Crippen LogP contribution in [0.5, 0.6) is 5.75 Å². The summed E-state index contributed by atoms with van der Waals surface area (Å²) in [5, 5.41) is 0. The van der Waals surface area contributed by atoms with Crippen LogP contribution in [0.2, 0.25) is 0 Å². The van der Waals surface area contributed by atoms with E-state index in [1.165, 1.54) is 0 Å². The Morgan fingerprint density at radius 2 is 2.13 bits per heavy atom. The summed E-state index contributed by atoms with van der Waals surface area (Å²) in [5.74, 6) is 0.928. The first kappa shape index (κ1) is 10.6. The highest BCUT2D eigenvalue weighted by atomic mass is 32.2. The molecule has 0 atom stereocenters. The first-order valence-electron chi connectivity index (χ1n) is 4.62. The van der Waals surface area contributed by atoms with Gasteiger partial charge >= 0.3 is 11.4 Å². The van der Waals surface area contributed by atoms with Gasteiger partial charge in [0.05, 0.1) is 20.3 Å². The topological polar surface area (TPSA) is 44.8 Å². The normalized spacial score (nSPS) is 26.2. The molecule has 4 nitrogen and oxygen atoms in total. The van der Waals surface area contributed by atoms with Crippen LogP contribution in [0.4, 0.5) is 0 Å². The van der Waals surface area contributed by atoms with Gasteiger partial charge in [-0.1, -0.05) is 12.1 Å². The highest BCUT2D eigenvalue weighted by Crippen LogP contribution is 2.24. The monoisotopic (exact) mass is 228 g/mol. The zero-order valence-corrected chi connectivity index (χ0v) is 9.16. The van der Waals surface area contributed by atoms with Crippen LogP contribution in [0, 0.1) is 0 Å². The Labute approximate surface area is 91.0 Å².